The van der Waals surface area contributed by atoms with E-state index in [1.54, 1.807) is 27.7 Å². The minimum Gasteiger partial charge on any atom is -0.325 e. The molecule has 0 atom stereocenters. The molecule has 1 aliphatic rings. The van der Waals surface area contributed by atoms with Gasteiger partial charge < -0.3 is 5.32 Å². The second-order valence-electron chi connectivity index (χ2n) is 7.83. The highest BCUT2D eigenvalue weighted by Gasteiger charge is 2.23. The molecule has 168 valence electrons. The molecule has 5 rings (SSSR count). The van der Waals surface area contributed by atoms with Crippen LogP contribution in [0.4, 0.5) is 5.69 Å². The maximum Gasteiger partial charge on any atom is 0.267 e. The summed E-state index contributed by atoms with van der Waals surface area (Å²) in [4.78, 5) is 34.4. The van der Waals surface area contributed by atoms with Crippen molar-refractivity contribution in [2.24, 2.45) is 0 Å². The fraction of sp³-hybridized carbons (Fsp3) is 0.240. The van der Waals surface area contributed by atoms with Crippen molar-refractivity contribution in [1.29, 1.82) is 0 Å². The predicted molar refractivity (Wildman–Crippen MR) is 139 cm³/mol. The lowest BCUT2D eigenvalue weighted by Gasteiger charge is -2.13. The number of fused-ring (bicyclic) bond motifs is 3. The van der Waals surface area contributed by atoms with E-state index in [4.69, 9.17) is 4.98 Å². The van der Waals surface area contributed by atoms with Crippen LogP contribution in [0.15, 0.2) is 69.4 Å². The number of carbonyl (C=O) groups is 1. The minimum atomic E-state index is -0.127. The number of aryl methyl sites for hydroxylation is 2. The van der Waals surface area contributed by atoms with Crippen LogP contribution in [0.5, 0.6) is 0 Å². The highest BCUT2D eigenvalue weighted by molar-refractivity contribution is 7.99. The van der Waals surface area contributed by atoms with Crippen molar-refractivity contribution in [2.45, 2.75) is 35.7 Å². The summed E-state index contributed by atoms with van der Waals surface area (Å²) in [5, 5.41) is 4.25. The molecule has 0 fully saturated rings. The lowest BCUT2D eigenvalue weighted by atomic mass is 9.97. The molecule has 8 heteroatoms. The zero-order valence-corrected chi connectivity index (χ0v) is 20.6. The van der Waals surface area contributed by atoms with Gasteiger partial charge >= 0.3 is 0 Å². The largest absolute Gasteiger partial charge is 0.325 e. The molecule has 2 aromatic carbocycles. The zero-order chi connectivity index (χ0) is 22.8. The Hall–Kier alpha value is -2.55. The van der Waals surface area contributed by atoms with Gasteiger partial charge in [0.2, 0.25) is 5.91 Å². The number of hydrogen-bond acceptors (Lipinski definition) is 6. The van der Waals surface area contributed by atoms with Crippen molar-refractivity contribution in [3.8, 4) is 5.69 Å². The number of nitrogens with zero attached hydrogens (tertiary/aromatic N) is 2. The Morgan fingerprint density at radius 1 is 1.12 bits per heavy atom. The van der Waals surface area contributed by atoms with Gasteiger partial charge in [0.15, 0.2) is 5.16 Å². The van der Waals surface area contributed by atoms with Gasteiger partial charge in [0.1, 0.15) is 4.83 Å². The Labute approximate surface area is 204 Å². The molecule has 0 unspecified atom stereocenters. The fourth-order valence-electron chi connectivity index (χ4n) is 4.12. The Bertz CT molecular complexity index is 1380. The van der Waals surface area contributed by atoms with Gasteiger partial charge in [0.05, 0.1) is 16.8 Å². The molecule has 2 heterocycles. The third-order valence-electron chi connectivity index (χ3n) is 5.66. The van der Waals surface area contributed by atoms with Gasteiger partial charge in [-0.05, 0) is 67.8 Å². The summed E-state index contributed by atoms with van der Waals surface area (Å²) in [5.41, 5.74) is 2.66. The molecule has 1 N–H and O–H groups in total. The van der Waals surface area contributed by atoms with E-state index in [2.05, 4.69) is 5.32 Å². The number of thioether (sulfide) groups is 2. The number of aromatic nitrogens is 2. The summed E-state index contributed by atoms with van der Waals surface area (Å²) in [7, 11) is 0. The summed E-state index contributed by atoms with van der Waals surface area (Å²) < 4.78 is 1.66. The second-order valence-corrected chi connectivity index (χ2v) is 10.7. The first-order chi connectivity index (χ1) is 16.1. The Kier molecular flexibility index (Phi) is 6.57. The van der Waals surface area contributed by atoms with Gasteiger partial charge in [0.25, 0.3) is 5.56 Å². The number of hydrogen-bond donors (Lipinski definition) is 1. The van der Waals surface area contributed by atoms with Crippen LogP contribution in [-0.2, 0) is 17.6 Å². The number of anilines is 1. The molecule has 33 heavy (non-hydrogen) atoms. The molecule has 2 aromatic heterocycles. The molecular weight excluding hydrogens is 470 g/mol. The van der Waals surface area contributed by atoms with Crippen LogP contribution in [-0.4, -0.2) is 27.5 Å². The molecule has 1 amide bonds. The SMILES string of the molecule is CSc1cccc(NC(=O)CSc2nc3sc4c(c3c(=O)n2-c2ccccc2)CCCC4)c1. The Balaban J connectivity index is 1.49. The highest BCUT2D eigenvalue weighted by atomic mass is 32.2. The van der Waals surface area contributed by atoms with Crippen LogP contribution in [0.25, 0.3) is 15.9 Å². The fourth-order valence-corrected chi connectivity index (χ4v) is 6.69. The van der Waals surface area contributed by atoms with E-state index in [-0.39, 0.29) is 17.2 Å². The van der Waals surface area contributed by atoms with Gasteiger partial charge in [0, 0.05) is 15.5 Å². The van der Waals surface area contributed by atoms with Crippen LogP contribution in [0.2, 0.25) is 0 Å². The predicted octanol–water partition coefficient (Wildman–Crippen LogP) is 5.78. The van der Waals surface area contributed by atoms with Gasteiger partial charge in [-0.25, -0.2) is 4.98 Å². The van der Waals surface area contributed by atoms with Crippen molar-refractivity contribution in [2.75, 3.05) is 17.3 Å². The average Bonchev–Trinajstić information content (AvgIpc) is 3.22. The number of thiophene rings is 1. The normalized spacial score (nSPS) is 13.1. The summed E-state index contributed by atoms with van der Waals surface area (Å²) in [6.45, 7) is 0. The number of amides is 1. The van der Waals surface area contributed by atoms with Crippen LogP contribution < -0.4 is 10.9 Å². The van der Waals surface area contributed by atoms with Crippen molar-refractivity contribution >= 4 is 56.7 Å². The third kappa shape index (κ3) is 4.60. The first-order valence-electron chi connectivity index (χ1n) is 10.8. The Morgan fingerprint density at radius 2 is 1.94 bits per heavy atom. The molecule has 0 aliphatic heterocycles. The number of rotatable bonds is 6. The third-order valence-corrected chi connectivity index (χ3v) is 8.51. The van der Waals surface area contributed by atoms with E-state index in [0.29, 0.717) is 5.16 Å². The average molecular weight is 494 g/mol. The van der Waals surface area contributed by atoms with Crippen molar-refractivity contribution in [3.05, 3.63) is 75.4 Å². The quantitative estimate of drug-likeness (QED) is 0.273. The molecule has 0 spiro atoms. The van der Waals surface area contributed by atoms with Gasteiger partial charge in [-0.15, -0.1) is 23.1 Å². The molecule has 0 saturated carbocycles. The topological polar surface area (TPSA) is 64.0 Å². The van der Waals surface area contributed by atoms with E-state index in [1.165, 1.54) is 22.2 Å². The van der Waals surface area contributed by atoms with Crippen LogP contribution >= 0.6 is 34.9 Å². The Morgan fingerprint density at radius 3 is 2.76 bits per heavy atom. The monoisotopic (exact) mass is 493 g/mol. The summed E-state index contributed by atoms with van der Waals surface area (Å²) >= 11 is 4.56. The number of benzene rings is 2. The standard InChI is InChI=1S/C25H23N3O2S3/c1-31-18-11-7-8-16(14-18)26-21(29)15-32-25-27-23-22(19-12-5-6-13-20(19)33-23)24(30)28(25)17-9-3-2-4-10-17/h2-4,7-11,14H,5-6,12-13,15H2,1H3,(H,26,29). The first-order valence-corrected chi connectivity index (χ1v) is 13.9. The van der Waals surface area contributed by atoms with E-state index in [0.717, 1.165) is 52.2 Å². The maximum atomic E-state index is 13.7. The van der Waals surface area contributed by atoms with Crippen molar-refractivity contribution in [3.63, 3.8) is 0 Å². The van der Waals surface area contributed by atoms with Crippen LogP contribution in [0.1, 0.15) is 23.3 Å². The molecule has 0 radical (unpaired) electrons. The molecular formula is C25H23N3O2S3. The maximum absolute atomic E-state index is 13.7. The summed E-state index contributed by atoms with van der Waals surface area (Å²) in [5.74, 6) is 0.0389. The summed E-state index contributed by atoms with van der Waals surface area (Å²) in [6.07, 6.45) is 6.22. The van der Waals surface area contributed by atoms with E-state index in [9.17, 15) is 9.59 Å². The molecule has 0 saturated heterocycles. The first kappa shape index (κ1) is 22.3. The molecule has 5 nitrogen and oxygen atoms in total. The highest BCUT2D eigenvalue weighted by Crippen LogP contribution is 2.35. The summed E-state index contributed by atoms with van der Waals surface area (Å²) in [6, 6.07) is 17.3. The number of carbonyl (C=O) groups excluding carboxylic acids is 1. The molecule has 0 bridgehead atoms. The lowest BCUT2D eigenvalue weighted by molar-refractivity contribution is -0.113. The molecule has 4 aromatic rings. The second kappa shape index (κ2) is 9.75. The van der Waals surface area contributed by atoms with E-state index >= 15 is 0 Å². The number of nitrogens with one attached hydrogen (secondary N) is 1. The van der Waals surface area contributed by atoms with Crippen molar-refractivity contribution < 1.29 is 4.79 Å². The van der Waals surface area contributed by atoms with E-state index in [1.807, 2.05) is 60.9 Å². The minimum absolute atomic E-state index is 0.0406. The lowest BCUT2D eigenvalue weighted by Crippen LogP contribution is -2.23. The van der Waals surface area contributed by atoms with Crippen molar-refractivity contribution in [1.82, 2.24) is 9.55 Å². The van der Waals surface area contributed by atoms with Crippen LogP contribution in [0, 0.1) is 0 Å². The van der Waals surface area contributed by atoms with E-state index < -0.39 is 0 Å². The number of para-hydroxylation sites is 1. The van der Waals surface area contributed by atoms with Gasteiger partial charge in [-0.1, -0.05) is 36.0 Å². The zero-order valence-electron chi connectivity index (χ0n) is 18.2. The van der Waals surface area contributed by atoms with Gasteiger partial charge in [-0.2, -0.15) is 0 Å². The van der Waals surface area contributed by atoms with Crippen LogP contribution in [0.3, 0.4) is 0 Å². The molecule has 1 aliphatic carbocycles. The smallest absolute Gasteiger partial charge is 0.267 e. The van der Waals surface area contributed by atoms with Gasteiger partial charge in [-0.3, -0.25) is 14.2 Å².